The Morgan fingerprint density at radius 2 is 2.54 bits per heavy atom. The van der Waals surface area contributed by atoms with Gasteiger partial charge < -0.3 is 10.3 Å². The molecular formula is C7H10N4O2. The number of nitriles is 1. The summed E-state index contributed by atoms with van der Waals surface area (Å²) in [6.07, 6.45) is 0.671. The number of nitrogens with zero attached hydrogens (tertiary/aromatic N) is 4. The summed E-state index contributed by atoms with van der Waals surface area (Å²) in [7, 11) is 1.73. The van der Waals surface area contributed by atoms with Crippen molar-refractivity contribution in [3.05, 3.63) is 5.53 Å². The zero-order valence-electron chi connectivity index (χ0n) is 7.30. The predicted molar refractivity (Wildman–Crippen MR) is 43.8 cm³/mol. The summed E-state index contributed by atoms with van der Waals surface area (Å²) in [5, 5.41) is 8.28. The van der Waals surface area contributed by atoms with Crippen LogP contribution in [0.1, 0.15) is 0 Å². The monoisotopic (exact) mass is 182 g/mol. The van der Waals surface area contributed by atoms with Gasteiger partial charge in [-0.3, -0.25) is 4.90 Å². The fourth-order valence-electron chi connectivity index (χ4n) is 0.586. The van der Waals surface area contributed by atoms with Gasteiger partial charge in [0.15, 0.2) is 0 Å². The van der Waals surface area contributed by atoms with Crippen LogP contribution in [0.5, 0.6) is 0 Å². The van der Waals surface area contributed by atoms with E-state index in [1.807, 2.05) is 6.07 Å². The molecule has 0 aliphatic rings. The van der Waals surface area contributed by atoms with Crippen molar-refractivity contribution in [1.29, 1.82) is 5.26 Å². The van der Waals surface area contributed by atoms with Crippen LogP contribution in [0, 0.1) is 11.3 Å². The van der Waals surface area contributed by atoms with Crippen molar-refractivity contribution in [2.24, 2.45) is 0 Å². The van der Waals surface area contributed by atoms with Gasteiger partial charge in [0, 0.05) is 6.54 Å². The van der Waals surface area contributed by atoms with Crippen molar-refractivity contribution in [3.63, 3.8) is 0 Å². The third kappa shape index (κ3) is 6.69. The Bertz CT molecular complexity index is 252. The van der Waals surface area contributed by atoms with Gasteiger partial charge in [-0.15, -0.1) is 0 Å². The van der Waals surface area contributed by atoms with Crippen molar-refractivity contribution >= 4 is 12.2 Å². The molecule has 0 rings (SSSR count). The maximum atomic E-state index is 10.6. The number of carbonyl (C=O) groups is 1. The topological polar surface area (TPSA) is 89.7 Å². The van der Waals surface area contributed by atoms with E-state index in [1.54, 1.807) is 11.9 Å². The van der Waals surface area contributed by atoms with Crippen molar-refractivity contribution in [1.82, 2.24) is 4.90 Å². The highest BCUT2D eigenvalue weighted by atomic mass is 16.5. The van der Waals surface area contributed by atoms with Crippen LogP contribution in [0.15, 0.2) is 0 Å². The van der Waals surface area contributed by atoms with Crippen LogP contribution in [0.3, 0.4) is 0 Å². The second kappa shape index (κ2) is 6.98. The van der Waals surface area contributed by atoms with Crippen LogP contribution in [0.4, 0.5) is 0 Å². The first kappa shape index (κ1) is 11.3. The van der Waals surface area contributed by atoms with E-state index in [1.165, 1.54) is 0 Å². The van der Waals surface area contributed by atoms with Crippen LogP contribution in [-0.4, -0.2) is 48.6 Å². The molecule has 13 heavy (non-hydrogen) atoms. The first-order valence-corrected chi connectivity index (χ1v) is 3.60. The number of esters is 1. The van der Waals surface area contributed by atoms with Gasteiger partial charge in [-0.1, -0.05) is 0 Å². The van der Waals surface area contributed by atoms with Crippen LogP contribution in [-0.2, 0) is 9.53 Å². The molecule has 0 aromatic rings. The van der Waals surface area contributed by atoms with Gasteiger partial charge in [-0.2, -0.15) is 10.1 Å². The Morgan fingerprint density at radius 1 is 1.85 bits per heavy atom. The van der Waals surface area contributed by atoms with Gasteiger partial charge in [0.1, 0.15) is 6.61 Å². The fraction of sp³-hybridized carbons (Fsp3) is 0.571. The number of ether oxygens (including phenoxy) is 1. The van der Waals surface area contributed by atoms with Gasteiger partial charge >= 0.3 is 12.2 Å². The second-order valence-corrected chi connectivity index (χ2v) is 2.31. The molecule has 6 nitrogen and oxygen atoms in total. The van der Waals surface area contributed by atoms with Crippen LogP contribution in [0.2, 0.25) is 0 Å². The maximum absolute atomic E-state index is 10.6. The zero-order chi connectivity index (χ0) is 10.1. The van der Waals surface area contributed by atoms with Crippen molar-refractivity contribution in [2.75, 3.05) is 26.7 Å². The van der Waals surface area contributed by atoms with Crippen LogP contribution >= 0.6 is 0 Å². The maximum Gasteiger partial charge on any atom is 0.413 e. The predicted octanol–water partition coefficient (Wildman–Crippen LogP) is -0.714. The smallest absolute Gasteiger partial charge is 0.413 e. The molecule has 0 atom stereocenters. The van der Waals surface area contributed by atoms with Crippen molar-refractivity contribution in [2.45, 2.75) is 0 Å². The summed E-state index contributed by atoms with van der Waals surface area (Å²) < 4.78 is 4.60. The summed E-state index contributed by atoms with van der Waals surface area (Å²) in [6.45, 7) is 0.924. The van der Waals surface area contributed by atoms with E-state index in [0.717, 1.165) is 0 Å². The molecule has 0 aliphatic carbocycles. The molecule has 70 valence electrons. The molecule has 6 heteroatoms. The van der Waals surface area contributed by atoms with Gasteiger partial charge in [0.05, 0.1) is 12.6 Å². The molecule has 0 saturated heterocycles. The Balaban J connectivity index is 3.51. The molecule has 0 N–H and O–H groups in total. The van der Waals surface area contributed by atoms with Crippen molar-refractivity contribution in [3.8, 4) is 6.07 Å². The molecule has 0 fully saturated rings. The standard InChI is InChI=1S/C7H10N4O2/c1-11(3-2-8)4-5-13-7(12)6-10-9/h6H,3-5H2,1H3. The summed E-state index contributed by atoms with van der Waals surface area (Å²) in [5.41, 5.74) is 7.94. The molecule has 0 radical (unpaired) electrons. The lowest BCUT2D eigenvalue weighted by atomic mass is 10.5. The molecule has 0 heterocycles. The SMILES string of the molecule is CN(CC#N)CCOC(=O)C=[N+]=[N-]. The summed E-state index contributed by atoms with van der Waals surface area (Å²) >= 11 is 0. The number of hydrogen-bond acceptors (Lipinski definition) is 4. The lowest BCUT2D eigenvalue weighted by Crippen LogP contribution is -2.24. The molecule has 0 aromatic carbocycles. The Morgan fingerprint density at radius 3 is 3.08 bits per heavy atom. The Kier molecular flexibility index (Phi) is 6.06. The lowest BCUT2D eigenvalue weighted by Gasteiger charge is -2.10. The molecule has 0 bridgehead atoms. The highest BCUT2D eigenvalue weighted by Crippen LogP contribution is 1.81. The normalized spacial score (nSPS) is 8.69. The molecule has 0 unspecified atom stereocenters. The number of likely N-dealkylation sites (N-methyl/N-ethyl adjacent to an activating group) is 1. The Labute approximate surface area is 75.9 Å². The van der Waals surface area contributed by atoms with Crippen molar-refractivity contribution < 1.29 is 14.3 Å². The minimum Gasteiger partial charge on any atom is -0.456 e. The number of rotatable bonds is 5. The minimum absolute atomic E-state index is 0.170. The zero-order valence-corrected chi connectivity index (χ0v) is 7.30. The van der Waals surface area contributed by atoms with Gasteiger partial charge in [-0.25, -0.2) is 4.79 Å². The van der Waals surface area contributed by atoms with E-state index in [-0.39, 0.29) is 13.2 Å². The first-order valence-electron chi connectivity index (χ1n) is 3.60. The molecular weight excluding hydrogens is 172 g/mol. The largest absolute Gasteiger partial charge is 0.456 e. The van der Waals surface area contributed by atoms with E-state index >= 15 is 0 Å². The van der Waals surface area contributed by atoms with Crippen LogP contribution in [0.25, 0.3) is 5.53 Å². The highest BCUT2D eigenvalue weighted by Gasteiger charge is 2.03. The molecule has 0 amide bonds. The number of hydrogen-bond donors (Lipinski definition) is 0. The van der Waals surface area contributed by atoms with Gasteiger partial charge in [0.25, 0.3) is 0 Å². The van der Waals surface area contributed by atoms with E-state index in [0.29, 0.717) is 12.8 Å². The average Bonchev–Trinajstić information content (AvgIpc) is 2.05. The van der Waals surface area contributed by atoms with E-state index in [9.17, 15) is 4.79 Å². The van der Waals surface area contributed by atoms with Gasteiger partial charge in [-0.05, 0) is 7.05 Å². The highest BCUT2D eigenvalue weighted by molar-refractivity contribution is 6.20. The molecule has 0 spiro atoms. The minimum atomic E-state index is -0.701. The molecule has 0 aromatic heterocycles. The fourth-order valence-corrected chi connectivity index (χ4v) is 0.586. The summed E-state index contributed by atoms with van der Waals surface area (Å²) in [6, 6.07) is 1.95. The summed E-state index contributed by atoms with van der Waals surface area (Å²) in [5.74, 6) is -0.701. The van der Waals surface area contributed by atoms with E-state index < -0.39 is 5.97 Å². The number of carbonyl (C=O) groups excluding carboxylic acids is 1. The Hall–Kier alpha value is -1.70. The van der Waals surface area contributed by atoms with Crippen LogP contribution < -0.4 is 0 Å². The lowest BCUT2D eigenvalue weighted by molar-refractivity contribution is -0.139. The van der Waals surface area contributed by atoms with E-state index in [2.05, 4.69) is 9.53 Å². The second-order valence-electron chi connectivity index (χ2n) is 2.31. The third-order valence-corrected chi connectivity index (χ3v) is 1.22. The molecule has 0 saturated carbocycles. The first-order chi connectivity index (χ1) is 6.20. The third-order valence-electron chi connectivity index (χ3n) is 1.22. The van der Waals surface area contributed by atoms with Gasteiger partial charge in [0.2, 0.25) is 0 Å². The molecule has 0 aliphatic heterocycles. The summed E-state index contributed by atoms with van der Waals surface area (Å²) in [4.78, 5) is 14.8. The quantitative estimate of drug-likeness (QED) is 0.184. The van der Waals surface area contributed by atoms with E-state index in [4.69, 9.17) is 10.8 Å². The average molecular weight is 182 g/mol.